The number of carbonyl (C=O) groups excluding carboxylic acids is 1. The third-order valence-corrected chi connectivity index (χ3v) is 3.86. The van der Waals surface area contributed by atoms with Gasteiger partial charge in [0.15, 0.2) is 5.82 Å². The average molecular weight is 313 g/mol. The zero-order valence-corrected chi connectivity index (χ0v) is 13.2. The summed E-state index contributed by atoms with van der Waals surface area (Å²) in [6, 6.07) is 9.96. The molecular formula is C17H19N3O3. The molecule has 1 heterocycles. The first-order chi connectivity index (χ1) is 11.2. The minimum Gasteiger partial charge on any atom is -0.384 e. The molecule has 0 saturated carbocycles. The first kappa shape index (κ1) is 15.4. The molecule has 1 amide bonds. The largest absolute Gasteiger partial charge is 0.384 e. The van der Waals surface area contributed by atoms with Gasteiger partial charge in [0.2, 0.25) is 11.8 Å². The van der Waals surface area contributed by atoms with E-state index < -0.39 is 0 Å². The third kappa shape index (κ3) is 3.48. The van der Waals surface area contributed by atoms with Crippen molar-refractivity contribution in [2.45, 2.75) is 19.9 Å². The second-order valence-electron chi connectivity index (χ2n) is 5.46. The SMILES string of the molecule is COCCc1noc(CNC(=O)C2C(C)=C2c2ccccc2)n1. The van der Waals surface area contributed by atoms with Crippen molar-refractivity contribution in [3.63, 3.8) is 0 Å². The van der Waals surface area contributed by atoms with Gasteiger partial charge in [-0.15, -0.1) is 0 Å². The van der Waals surface area contributed by atoms with Crippen molar-refractivity contribution in [1.29, 1.82) is 0 Å². The second-order valence-corrected chi connectivity index (χ2v) is 5.46. The normalized spacial score (nSPS) is 16.5. The van der Waals surface area contributed by atoms with Crippen LogP contribution < -0.4 is 5.32 Å². The van der Waals surface area contributed by atoms with Crippen LogP contribution in [0.3, 0.4) is 0 Å². The Morgan fingerprint density at radius 1 is 1.35 bits per heavy atom. The number of benzene rings is 1. The second kappa shape index (κ2) is 6.75. The Morgan fingerprint density at radius 2 is 2.13 bits per heavy atom. The summed E-state index contributed by atoms with van der Waals surface area (Å²) >= 11 is 0. The molecule has 1 aliphatic rings. The van der Waals surface area contributed by atoms with Crippen molar-refractivity contribution in [2.24, 2.45) is 5.92 Å². The quantitative estimate of drug-likeness (QED) is 0.845. The zero-order valence-electron chi connectivity index (χ0n) is 13.2. The Hall–Kier alpha value is -2.47. The molecule has 0 bridgehead atoms. The molecule has 1 N–H and O–H groups in total. The van der Waals surface area contributed by atoms with Gasteiger partial charge in [0.05, 0.1) is 19.1 Å². The van der Waals surface area contributed by atoms with Gasteiger partial charge in [-0.3, -0.25) is 4.79 Å². The molecule has 1 aliphatic carbocycles. The number of ether oxygens (including phenoxy) is 1. The van der Waals surface area contributed by atoms with Crippen LogP contribution >= 0.6 is 0 Å². The van der Waals surface area contributed by atoms with Gasteiger partial charge in [0.1, 0.15) is 0 Å². The molecule has 0 fully saturated rings. The van der Waals surface area contributed by atoms with Crippen molar-refractivity contribution in [3.05, 3.63) is 53.2 Å². The molecule has 0 saturated heterocycles. The summed E-state index contributed by atoms with van der Waals surface area (Å²) in [6.07, 6.45) is 0.593. The van der Waals surface area contributed by atoms with Crippen molar-refractivity contribution in [1.82, 2.24) is 15.5 Å². The van der Waals surface area contributed by atoms with Crippen LogP contribution in [-0.2, 0) is 22.5 Å². The van der Waals surface area contributed by atoms with Crippen molar-refractivity contribution < 1.29 is 14.1 Å². The Labute approximate surface area is 134 Å². The third-order valence-electron chi connectivity index (χ3n) is 3.86. The van der Waals surface area contributed by atoms with E-state index in [1.54, 1.807) is 7.11 Å². The Bertz CT molecular complexity index is 722. The molecule has 0 spiro atoms. The number of rotatable bonds is 7. The van der Waals surface area contributed by atoms with Gasteiger partial charge in [-0.1, -0.05) is 41.1 Å². The number of amides is 1. The summed E-state index contributed by atoms with van der Waals surface area (Å²) in [4.78, 5) is 16.5. The van der Waals surface area contributed by atoms with E-state index in [9.17, 15) is 4.79 Å². The van der Waals surface area contributed by atoms with Crippen LogP contribution in [0, 0.1) is 5.92 Å². The highest BCUT2D eigenvalue weighted by Crippen LogP contribution is 2.46. The highest BCUT2D eigenvalue weighted by molar-refractivity contribution is 6.05. The maximum absolute atomic E-state index is 12.3. The molecule has 6 nitrogen and oxygen atoms in total. The van der Waals surface area contributed by atoms with Gasteiger partial charge in [-0.25, -0.2) is 0 Å². The number of carbonyl (C=O) groups is 1. The number of aromatic nitrogens is 2. The first-order valence-electron chi connectivity index (χ1n) is 7.55. The van der Waals surface area contributed by atoms with Crippen LogP contribution in [0.25, 0.3) is 5.57 Å². The average Bonchev–Trinajstić information content (AvgIpc) is 3.04. The molecule has 3 rings (SSSR count). The number of methoxy groups -OCH3 is 1. The first-order valence-corrected chi connectivity index (χ1v) is 7.55. The van der Waals surface area contributed by atoms with E-state index >= 15 is 0 Å². The van der Waals surface area contributed by atoms with E-state index in [2.05, 4.69) is 15.5 Å². The maximum atomic E-state index is 12.3. The summed E-state index contributed by atoms with van der Waals surface area (Å²) in [6.45, 7) is 2.77. The number of hydrogen-bond donors (Lipinski definition) is 1. The van der Waals surface area contributed by atoms with E-state index in [1.165, 1.54) is 0 Å². The minimum absolute atomic E-state index is 0.0296. The lowest BCUT2D eigenvalue weighted by Gasteiger charge is -2.03. The van der Waals surface area contributed by atoms with E-state index in [1.807, 2.05) is 37.3 Å². The molecule has 1 aromatic carbocycles. The van der Waals surface area contributed by atoms with Gasteiger partial charge in [0, 0.05) is 13.5 Å². The summed E-state index contributed by atoms with van der Waals surface area (Å²) in [5, 5.41) is 6.69. The zero-order chi connectivity index (χ0) is 16.2. The number of nitrogens with zero attached hydrogens (tertiary/aromatic N) is 2. The van der Waals surface area contributed by atoms with E-state index in [0.29, 0.717) is 24.7 Å². The van der Waals surface area contributed by atoms with E-state index in [-0.39, 0.29) is 18.4 Å². The molecule has 1 atom stereocenters. The Kier molecular flexibility index (Phi) is 4.52. The van der Waals surface area contributed by atoms with E-state index in [4.69, 9.17) is 9.26 Å². The molecular weight excluding hydrogens is 294 g/mol. The summed E-state index contributed by atoms with van der Waals surface area (Å²) in [5.41, 5.74) is 3.32. The lowest BCUT2D eigenvalue weighted by Crippen LogP contribution is -2.26. The standard InChI is InChI=1S/C17H19N3O3/c1-11-15(12-6-4-3-5-7-12)16(11)17(21)18-10-14-19-13(20-23-14)8-9-22-2/h3-7,16H,8-10H2,1-2H3,(H,18,21). The Balaban J connectivity index is 1.52. The molecule has 2 aromatic rings. The molecule has 6 heteroatoms. The molecule has 1 aromatic heterocycles. The van der Waals surface area contributed by atoms with Crippen LogP contribution in [0.5, 0.6) is 0 Å². The minimum atomic E-state index is -0.145. The van der Waals surface area contributed by atoms with Crippen LogP contribution in [0.15, 0.2) is 40.4 Å². The molecule has 0 radical (unpaired) electrons. The lowest BCUT2D eigenvalue weighted by atomic mass is 10.1. The molecule has 1 unspecified atom stereocenters. The van der Waals surface area contributed by atoms with Crippen LogP contribution in [0.1, 0.15) is 24.2 Å². The maximum Gasteiger partial charge on any atom is 0.246 e. The highest BCUT2D eigenvalue weighted by Gasteiger charge is 2.39. The van der Waals surface area contributed by atoms with Crippen LogP contribution in [0.2, 0.25) is 0 Å². The van der Waals surface area contributed by atoms with Gasteiger partial charge in [-0.05, 0) is 18.1 Å². The molecule has 0 aliphatic heterocycles. The van der Waals surface area contributed by atoms with Crippen LogP contribution in [-0.4, -0.2) is 29.8 Å². The fraction of sp³-hybridized carbons (Fsp3) is 0.353. The van der Waals surface area contributed by atoms with Gasteiger partial charge in [-0.2, -0.15) is 4.98 Å². The predicted octanol–water partition coefficient (Wildman–Crippen LogP) is 1.98. The van der Waals surface area contributed by atoms with E-state index in [0.717, 1.165) is 16.7 Å². The van der Waals surface area contributed by atoms with Gasteiger partial charge in [0.25, 0.3) is 0 Å². The lowest BCUT2D eigenvalue weighted by molar-refractivity contribution is -0.121. The molecule has 23 heavy (non-hydrogen) atoms. The van der Waals surface area contributed by atoms with Crippen molar-refractivity contribution in [3.8, 4) is 0 Å². The smallest absolute Gasteiger partial charge is 0.246 e. The predicted molar refractivity (Wildman–Crippen MR) is 84.3 cm³/mol. The van der Waals surface area contributed by atoms with Gasteiger partial charge >= 0.3 is 0 Å². The number of hydrogen-bond acceptors (Lipinski definition) is 5. The monoisotopic (exact) mass is 313 g/mol. The van der Waals surface area contributed by atoms with Gasteiger partial charge < -0.3 is 14.6 Å². The summed E-state index contributed by atoms with van der Waals surface area (Å²) in [7, 11) is 1.62. The summed E-state index contributed by atoms with van der Waals surface area (Å²) in [5.74, 6) is 0.817. The number of nitrogens with one attached hydrogen (secondary N) is 1. The van der Waals surface area contributed by atoms with Crippen molar-refractivity contribution in [2.75, 3.05) is 13.7 Å². The van der Waals surface area contributed by atoms with Crippen LogP contribution in [0.4, 0.5) is 0 Å². The molecule has 120 valence electrons. The topological polar surface area (TPSA) is 77.3 Å². The summed E-state index contributed by atoms with van der Waals surface area (Å²) < 4.78 is 10.1. The fourth-order valence-corrected chi connectivity index (χ4v) is 2.59. The Morgan fingerprint density at radius 3 is 2.87 bits per heavy atom. The fourth-order valence-electron chi connectivity index (χ4n) is 2.59. The highest BCUT2D eigenvalue weighted by atomic mass is 16.5. The van der Waals surface area contributed by atoms with Crippen molar-refractivity contribution >= 4 is 11.5 Å².